The number of carbonyl (C=O) groups is 1. The first kappa shape index (κ1) is 20.1. The number of ether oxygens (including phenoxy) is 1. The Bertz CT molecular complexity index is 965. The first-order chi connectivity index (χ1) is 13.9. The molecule has 2 aromatic rings. The van der Waals surface area contributed by atoms with Gasteiger partial charge in [-0.1, -0.05) is 0 Å². The molecule has 2 aliphatic heterocycles. The summed E-state index contributed by atoms with van der Waals surface area (Å²) in [4.78, 5) is 15.0. The Kier molecular flexibility index (Phi) is 5.71. The first-order valence-corrected chi connectivity index (χ1v) is 11.4. The number of nitrogens with zero attached hydrogens (tertiary/aromatic N) is 4. The van der Waals surface area contributed by atoms with Crippen molar-refractivity contribution in [3.63, 3.8) is 0 Å². The van der Waals surface area contributed by atoms with Crippen LogP contribution in [0.2, 0.25) is 0 Å². The summed E-state index contributed by atoms with van der Waals surface area (Å²) >= 11 is 0. The minimum absolute atomic E-state index is 0.0686. The summed E-state index contributed by atoms with van der Waals surface area (Å²) in [6, 6.07) is 8.28. The van der Waals surface area contributed by atoms with Crippen molar-refractivity contribution in [2.24, 2.45) is 7.05 Å². The number of carbonyl (C=O) groups excluding carboxylic acids is 1. The van der Waals surface area contributed by atoms with Crippen LogP contribution in [0.15, 0.2) is 41.4 Å². The van der Waals surface area contributed by atoms with Gasteiger partial charge in [-0.05, 0) is 43.2 Å². The molecule has 2 saturated heterocycles. The second-order valence-corrected chi connectivity index (χ2v) is 9.48. The number of hydrogen-bond donors (Lipinski definition) is 0. The van der Waals surface area contributed by atoms with Crippen LogP contribution < -0.4 is 0 Å². The third-order valence-electron chi connectivity index (χ3n) is 5.57. The molecule has 0 saturated carbocycles. The van der Waals surface area contributed by atoms with Gasteiger partial charge in [0.1, 0.15) is 0 Å². The zero-order valence-electron chi connectivity index (χ0n) is 16.5. The molecule has 0 bridgehead atoms. The largest absolute Gasteiger partial charge is 0.379 e. The number of benzene rings is 1. The highest BCUT2D eigenvalue weighted by Gasteiger charge is 2.29. The van der Waals surface area contributed by atoms with E-state index >= 15 is 0 Å². The molecule has 0 aliphatic carbocycles. The fourth-order valence-corrected chi connectivity index (χ4v) is 5.35. The molecule has 9 heteroatoms. The molecular formula is C20H26N4O4S. The van der Waals surface area contributed by atoms with Crippen molar-refractivity contribution >= 4 is 15.9 Å². The number of likely N-dealkylation sites (tertiary alicyclic amines) is 1. The van der Waals surface area contributed by atoms with Crippen molar-refractivity contribution in [2.45, 2.75) is 23.7 Å². The molecule has 0 unspecified atom stereocenters. The number of sulfonamides is 1. The van der Waals surface area contributed by atoms with E-state index in [-0.39, 0.29) is 16.7 Å². The molecule has 0 spiro atoms. The molecule has 0 radical (unpaired) electrons. The minimum Gasteiger partial charge on any atom is -0.379 e. The standard InChI is InChI=1S/C20H26N4O4S/c1-22-10-8-19(21-22)17-3-2-9-23(15-17)20(25)16-4-6-18(7-5-16)29(26,27)24-11-13-28-14-12-24/h4-8,10,17H,2-3,9,11-15H2,1H3/t17-/m0/s1. The van der Waals surface area contributed by atoms with Gasteiger partial charge in [0, 0.05) is 50.9 Å². The molecule has 2 fully saturated rings. The summed E-state index contributed by atoms with van der Waals surface area (Å²) in [6.07, 6.45) is 3.86. The SMILES string of the molecule is Cn1ccc([C@H]2CCCN(C(=O)c3ccc(S(=O)(=O)N4CCOCC4)cc3)C2)n1. The Hall–Kier alpha value is -2.23. The molecule has 0 N–H and O–H groups in total. The Labute approximate surface area is 171 Å². The van der Waals surface area contributed by atoms with Crippen LogP contribution >= 0.6 is 0 Å². The zero-order valence-corrected chi connectivity index (χ0v) is 17.3. The summed E-state index contributed by atoms with van der Waals surface area (Å²) in [7, 11) is -1.66. The molecular weight excluding hydrogens is 392 g/mol. The summed E-state index contributed by atoms with van der Waals surface area (Å²) in [6.45, 7) is 2.85. The van der Waals surface area contributed by atoms with E-state index in [2.05, 4.69) is 5.10 Å². The van der Waals surface area contributed by atoms with Gasteiger partial charge in [0.05, 0.1) is 23.8 Å². The fraction of sp³-hybridized carbons (Fsp3) is 0.500. The summed E-state index contributed by atoms with van der Waals surface area (Å²) < 4.78 is 33.9. The molecule has 29 heavy (non-hydrogen) atoms. The summed E-state index contributed by atoms with van der Waals surface area (Å²) in [5.74, 6) is 0.163. The van der Waals surface area contributed by atoms with E-state index in [0.717, 1.165) is 18.5 Å². The van der Waals surface area contributed by atoms with E-state index in [0.29, 0.717) is 45.0 Å². The Morgan fingerprint density at radius 1 is 1.10 bits per heavy atom. The Balaban J connectivity index is 1.46. The van der Waals surface area contributed by atoms with Crippen LogP contribution in [0.4, 0.5) is 0 Å². The van der Waals surface area contributed by atoms with Crippen molar-refractivity contribution in [1.29, 1.82) is 0 Å². The van der Waals surface area contributed by atoms with Gasteiger partial charge in [0.25, 0.3) is 5.91 Å². The highest BCUT2D eigenvalue weighted by atomic mass is 32.2. The van der Waals surface area contributed by atoms with E-state index in [4.69, 9.17) is 4.74 Å². The maximum atomic E-state index is 13.0. The van der Waals surface area contributed by atoms with Crippen LogP contribution in [0.1, 0.15) is 34.8 Å². The maximum absolute atomic E-state index is 13.0. The van der Waals surface area contributed by atoms with E-state index in [1.54, 1.807) is 16.8 Å². The maximum Gasteiger partial charge on any atom is 0.253 e. The molecule has 156 valence electrons. The monoisotopic (exact) mass is 418 g/mol. The molecule has 1 aromatic heterocycles. The van der Waals surface area contributed by atoms with Crippen LogP contribution in [-0.4, -0.2) is 72.7 Å². The van der Waals surface area contributed by atoms with Crippen LogP contribution in [0, 0.1) is 0 Å². The van der Waals surface area contributed by atoms with Gasteiger partial charge in [0.2, 0.25) is 10.0 Å². The average Bonchev–Trinajstić information content (AvgIpc) is 3.20. The highest BCUT2D eigenvalue weighted by Crippen LogP contribution is 2.27. The van der Waals surface area contributed by atoms with Crippen molar-refractivity contribution in [2.75, 3.05) is 39.4 Å². The van der Waals surface area contributed by atoms with Gasteiger partial charge in [-0.2, -0.15) is 9.40 Å². The number of amides is 1. The van der Waals surface area contributed by atoms with Gasteiger partial charge < -0.3 is 9.64 Å². The summed E-state index contributed by atoms with van der Waals surface area (Å²) in [5, 5.41) is 4.48. The highest BCUT2D eigenvalue weighted by molar-refractivity contribution is 7.89. The minimum atomic E-state index is -3.55. The van der Waals surface area contributed by atoms with Crippen LogP contribution in [0.5, 0.6) is 0 Å². The van der Waals surface area contributed by atoms with Crippen molar-refractivity contribution in [3.05, 3.63) is 47.8 Å². The van der Waals surface area contributed by atoms with Crippen molar-refractivity contribution < 1.29 is 17.9 Å². The molecule has 4 rings (SSSR count). The topological polar surface area (TPSA) is 84.7 Å². The lowest BCUT2D eigenvalue weighted by molar-refractivity contribution is 0.0705. The van der Waals surface area contributed by atoms with E-state index < -0.39 is 10.0 Å². The third-order valence-corrected chi connectivity index (χ3v) is 7.48. The second kappa shape index (κ2) is 8.25. The smallest absolute Gasteiger partial charge is 0.253 e. The van der Waals surface area contributed by atoms with Gasteiger partial charge in [-0.3, -0.25) is 9.48 Å². The number of piperidine rings is 1. The van der Waals surface area contributed by atoms with Gasteiger partial charge in [0.15, 0.2) is 0 Å². The number of morpholine rings is 1. The molecule has 2 aliphatic rings. The van der Waals surface area contributed by atoms with Crippen LogP contribution in [-0.2, 0) is 21.8 Å². The van der Waals surface area contributed by atoms with Crippen LogP contribution in [0.25, 0.3) is 0 Å². The molecule has 3 heterocycles. The third kappa shape index (κ3) is 4.22. The molecule has 1 atom stereocenters. The fourth-order valence-electron chi connectivity index (χ4n) is 3.94. The second-order valence-electron chi connectivity index (χ2n) is 7.55. The predicted octanol–water partition coefficient (Wildman–Crippen LogP) is 1.46. The van der Waals surface area contributed by atoms with Gasteiger partial charge >= 0.3 is 0 Å². The lowest BCUT2D eigenvalue weighted by Gasteiger charge is -2.32. The molecule has 8 nitrogen and oxygen atoms in total. The molecule has 1 aromatic carbocycles. The molecule has 1 amide bonds. The lowest BCUT2D eigenvalue weighted by atomic mass is 9.94. The van der Waals surface area contributed by atoms with Gasteiger partial charge in [-0.25, -0.2) is 8.42 Å². The number of aryl methyl sites for hydroxylation is 1. The van der Waals surface area contributed by atoms with E-state index in [9.17, 15) is 13.2 Å². The predicted molar refractivity (Wildman–Crippen MR) is 107 cm³/mol. The number of aromatic nitrogens is 2. The van der Waals surface area contributed by atoms with Crippen molar-refractivity contribution in [3.8, 4) is 0 Å². The van der Waals surface area contributed by atoms with E-state index in [1.807, 2.05) is 24.2 Å². The Morgan fingerprint density at radius 2 is 1.83 bits per heavy atom. The lowest BCUT2D eigenvalue weighted by Crippen LogP contribution is -2.40. The van der Waals surface area contributed by atoms with E-state index in [1.165, 1.54) is 16.4 Å². The summed E-state index contributed by atoms with van der Waals surface area (Å²) in [5.41, 5.74) is 1.52. The Morgan fingerprint density at radius 3 is 2.48 bits per heavy atom. The quantitative estimate of drug-likeness (QED) is 0.751. The van der Waals surface area contributed by atoms with Crippen molar-refractivity contribution in [1.82, 2.24) is 19.0 Å². The normalized spacial score (nSPS) is 21.3. The number of rotatable bonds is 4. The first-order valence-electron chi connectivity index (χ1n) is 9.92. The zero-order chi connectivity index (χ0) is 20.4. The number of hydrogen-bond acceptors (Lipinski definition) is 5. The van der Waals surface area contributed by atoms with Crippen LogP contribution in [0.3, 0.4) is 0 Å². The average molecular weight is 419 g/mol. The van der Waals surface area contributed by atoms with Gasteiger partial charge in [-0.15, -0.1) is 0 Å².